The van der Waals surface area contributed by atoms with Gasteiger partial charge in [0.2, 0.25) is 0 Å². The summed E-state index contributed by atoms with van der Waals surface area (Å²) < 4.78 is 6.00. The zero-order valence-corrected chi connectivity index (χ0v) is 13.7. The summed E-state index contributed by atoms with van der Waals surface area (Å²) in [4.78, 5) is 0. The molecular formula is C18H26ClNO. The van der Waals surface area contributed by atoms with Crippen LogP contribution in [0.4, 0.5) is 0 Å². The molecule has 1 aliphatic carbocycles. The van der Waals surface area contributed by atoms with Gasteiger partial charge in [0.05, 0.1) is 12.7 Å². The minimum Gasteiger partial charge on any atom is -0.372 e. The van der Waals surface area contributed by atoms with Crippen LogP contribution in [0.2, 0.25) is 0 Å². The Kier molecular flexibility index (Phi) is 4.88. The van der Waals surface area contributed by atoms with Crippen molar-refractivity contribution in [2.45, 2.75) is 50.7 Å². The maximum atomic E-state index is 6.30. The highest BCUT2D eigenvalue weighted by molar-refractivity contribution is 6.18. The van der Waals surface area contributed by atoms with E-state index in [9.17, 15) is 0 Å². The molecule has 2 aliphatic rings. The van der Waals surface area contributed by atoms with E-state index in [-0.39, 0.29) is 11.6 Å². The van der Waals surface area contributed by atoms with Gasteiger partial charge in [-0.1, -0.05) is 31.2 Å². The molecule has 1 N–H and O–H groups in total. The minimum atomic E-state index is 0.115. The Balaban J connectivity index is 1.65. The van der Waals surface area contributed by atoms with Gasteiger partial charge in [0.25, 0.3) is 0 Å². The number of ether oxygens (including phenoxy) is 1. The Morgan fingerprint density at radius 2 is 2.05 bits per heavy atom. The molecule has 0 bridgehead atoms. The normalized spacial score (nSPS) is 32.7. The van der Waals surface area contributed by atoms with Crippen molar-refractivity contribution in [2.75, 3.05) is 19.0 Å². The quantitative estimate of drug-likeness (QED) is 0.846. The van der Waals surface area contributed by atoms with E-state index in [1.807, 2.05) is 0 Å². The zero-order valence-electron chi connectivity index (χ0n) is 12.9. The largest absolute Gasteiger partial charge is 0.372 e. The van der Waals surface area contributed by atoms with Gasteiger partial charge in [-0.05, 0) is 49.1 Å². The first-order valence-electron chi connectivity index (χ1n) is 8.23. The Morgan fingerprint density at radius 1 is 1.29 bits per heavy atom. The van der Waals surface area contributed by atoms with Gasteiger partial charge in [0.15, 0.2) is 0 Å². The molecule has 0 saturated heterocycles. The van der Waals surface area contributed by atoms with Crippen molar-refractivity contribution in [1.29, 1.82) is 0 Å². The van der Waals surface area contributed by atoms with Gasteiger partial charge in [0.1, 0.15) is 0 Å². The Labute approximate surface area is 133 Å². The maximum absolute atomic E-state index is 6.30. The predicted molar refractivity (Wildman–Crippen MR) is 87.9 cm³/mol. The van der Waals surface area contributed by atoms with E-state index < -0.39 is 0 Å². The summed E-state index contributed by atoms with van der Waals surface area (Å²) in [6.45, 7) is 4.05. The fourth-order valence-corrected chi connectivity index (χ4v) is 3.99. The van der Waals surface area contributed by atoms with Gasteiger partial charge in [0, 0.05) is 18.0 Å². The van der Waals surface area contributed by atoms with Crippen molar-refractivity contribution in [3.8, 4) is 0 Å². The van der Waals surface area contributed by atoms with Crippen LogP contribution in [-0.4, -0.2) is 24.6 Å². The topological polar surface area (TPSA) is 21.3 Å². The molecule has 1 aliphatic heterocycles. The second-order valence-electron chi connectivity index (χ2n) is 6.79. The fourth-order valence-electron chi connectivity index (χ4n) is 3.63. The molecule has 0 amide bonds. The number of fused-ring (bicyclic) bond motifs is 1. The van der Waals surface area contributed by atoms with Crippen molar-refractivity contribution in [3.63, 3.8) is 0 Å². The number of benzene rings is 1. The summed E-state index contributed by atoms with van der Waals surface area (Å²) >= 11 is 6.30. The molecular weight excluding hydrogens is 282 g/mol. The van der Waals surface area contributed by atoms with Crippen LogP contribution in [0.15, 0.2) is 24.3 Å². The second kappa shape index (κ2) is 6.68. The van der Waals surface area contributed by atoms with Gasteiger partial charge in [-0.25, -0.2) is 0 Å². The molecule has 21 heavy (non-hydrogen) atoms. The van der Waals surface area contributed by atoms with E-state index in [2.05, 4.69) is 36.5 Å². The van der Waals surface area contributed by atoms with E-state index in [0.29, 0.717) is 5.88 Å². The van der Waals surface area contributed by atoms with Crippen LogP contribution in [0.25, 0.3) is 0 Å². The average molecular weight is 308 g/mol. The van der Waals surface area contributed by atoms with E-state index in [1.165, 1.54) is 36.8 Å². The predicted octanol–water partition coefficient (Wildman–Crippen LogP) is 4.08. The third-order valence-corrected chi connectivity index (χ3v) is 5.75. The summed E-state index contributed by atoms with van der Waals surface area (Å²) in [5, 5.41) is 3.76. The first kappa shape index (κ1) is 15.3. The van der Waals surface area contributed by atoms with E-state index in [1.54, 1.807) is 0 Å². The highest BCUT2D eigenvalue weighted by atomic mass is 35.5. The highest BCUT2D eigenvalue weighted by Gasteiger charge is 2.34. The molecule has 1 saturated carbocycles. The fraction of sp³-hybridized carbons (Fsp3) is 0.667. The number of hydrogen-bond acceptors (Lipinski definition) is 2. The first-order chi connectivity index (χ1) is 10.2. The van der Waals surface area contributed by atoms with Gasteiger partial charge >= 0.3 is 0 Å². The van der Waals surface area contributed by atoms with Gasteiger partial charge in [-0.2, -0.15) is 0 Å². The molecule has 1 aromatic carbocycles. The second-order valence-corrected chi connectivity index (χ2v) is 7.05. The molecule has 1 fully saturated rings. The van der Waals surface area contributed by atoms with E-state index in [4.69, 9.17) is 16.3 Å². The highest BCUT2D eigenvalue weighted by Crippen LogP contribution is 2.34. The lowest BCUT2D eigenvalue weighted by molar-refractivity contribution is 0.0342. The smallest absolute Gasteiger partial charge is 0.0952 e. The van der Waals surface area contributed by atoms with Crippen molar-refractivity contribution >= 4 is 11.6 Å². The molecule has 116 valence electrons. The number of hydrogen-bond donors (Lipinski definition) is 1. The average Bonchev–Trinajstić information content (AvgIpc) is 2.55. The first-order valence-corrected chi connectivity index (χ1v) is 8.76. The molecule has 0 spiro atoms. The van der Waals surface area contributed by atoms with Crippen LogP contribution >= 0.6 is 11.6 Å². The van der Waals surface area contributed by atoms with Crippen LogP contribution in [0.5, 0.6) is 0 Å². The molecule has 1 heterocycles. The standard InChI is InChI=1S/C18H26ClNO/c1-14-6-9-18(13-19,10-7-14)20-12-17-16-5-3-2-4-15(16)8-11-21-17/h2-5,14,17,20H,6-13H2,1H3. The zero-order chi connectivity index (χ0) is 14.7. The van der Waals surface area contributed by atoms with E-state index >= 15 is 0 Å². The monoisotopic (exact) mass is 307 g/mol. The summed E-state index contributed by atoms with van der Waals surface area (Å²) in [6, 6.07) is 8.67. The summed E-state index contributed by atoms with van der Waals surface area (Å²) in [5.41, 5.74) is 2.90. The van der Waals surface area contributed by atoms with Crippen molar-refractivity contribution in [2.24, 2.45) is 5.92 Å². The summed E-state index contributed by atoms with van der Waals surface area (Å²) in [5.74, 6) is 1.54. The van der Waals surface area contributed by atoms with Crippen LogP contribution < -0.4 is 5.32 Å². The molecule has 1 atom stereocenters. The molecule has 3 rings (SSSR count). The minimum absolute atomic E-state index is 0.115. The third-order valence-electron chi connectivity index (χ3n) is 5.24. The summed E-state index contributed by atoms with van der Waals surface area (Å²) in [6.07, 6.45) is 6.14. The van der Waals surface area contributed by atoms with Gasteiger partial charge < -0.3 is 10.1 Å². The van der Waals surface area contributed by atoms with Crippen LogP contribution in [0.1, 0.15) is 49.8 Å². The molecule has 1 aromatic rings. The Bertz CT molecular complexity index is 468. The van der Waals surface area contributed by atoms with Gasteiger partial charge in [-0.3, -0.25) is 0 Å². The number of rotatable bonds is 4. The van der Waals surface area contributed by atoms with Crippen LogP contribution in [-0.2, 0) is 11.2 Å². The Hall–Kier alpha value is -0.570. The summed E-state index contributed by atoms with van der Waals surface area (Å²) in [7, 11) is 0. The molecule has 0 aromatic heterocycles. The molecule has 3 heteroatoms. The van der Waals surface area contributed by atoms with Crippen molar-refractivity contribution in [3.05, 3.63) is 35.4 Å². The van der Waals surface area contributed by atoms with Crippen molar-refractivity contribution in [1.82, 2.24) is 5.32 Å². The van der Waals surface area contributed by atoms with Crippen molar-refractivity contribution < 1.29 is 4.74 Å². The third kappa shape index (κ3) is 3.44. The van der Waals surface area contributed by atoms with Crippen LogP contribution in [0.3, 0.4) is 0 Å². The lowest BCUT2D eigenvalue weighted by Crippen LogP contribution is -2.51. The molecule has 2 nitrogen and oxygen atoms in total. The lowest BCUT2D eigenvalue weighted by Gasteiger charge is -2.40. The molecule has 0 radical (unpaired) electrons. The SMILES string of the molecule is CC1CCC(CCl)(NCC2OCCc3ccccc32)CC1. The molecule has 1 unspecified atom stereocenters. The van der Waals surface area contributed by atoms with E-state index in [0.717, 1.165) is 25.5 Å². The maximum Gasteiger partial charge on any atom is 0.0952 e. The number of alkyl halides is 1. The Morgan fingerprint density at radius 3 is 2.81 bits per heavy atom. The number of nitrogens with one attached hydrogen (secondary N) is 1. The van der Waals surface area contributed by atoms with Gasteiger partial charge in [-0.15, -0.1) is 11.6 Å². The van der Waals surface area contributed by atoms with Crippen LogP contribution in [0, 0.1) is 5.92 Å². The number of halogens is 1. The lowest BCUT2D eigenvalue weighted by atomic mass is 9.78.